The molecule has 0 bridgehead atoms. The standard InChI is InChI=1S/C17H26N2O/c1-19(2)16-11-9-15(10-12-16)18-17(20)13-8-14-6-4-3-5-7-14/h9-12,14H,3-8,13H2,1-2H3,(H,18,20). The number of amides is 1. The Morgan fingerprint density at radius 2 is 1.80 bits per heavy atom. The second kappa shape index (κ2) is 7.32. The minimum atomic E-state index is 0.146. The van der Waals surface area contributed by atoms with Gasteiger partial charge in [-0.3, -0.25) is 4.79 Å². The van der Waals surface area contributed by atoms with Crippen LogP contribution in [-0.4, -0.2) is 20.0 Å². The van der Waals surface area contributed by atoms with Crippen LogP contribution < -0.4 is 10.2 Å². The Bertz CT molecular complexity index is 419. The first-order chi connectivity index (χ1) is 9.65. The molecule has 0 heterocycles. The smallest absolute Gasteiger partial charge is 0.224 e. The molecular formula is C17H26N2O. The molecule has 0 unspecified atom stereocenters. The van der Waals surface area contributed by atoms with E-state index in [1.807, 2.05) is 38.4 Å². The quantitative estimate of drug-likeness (QED) is 0.878. The summed E-state index contributed by atoms with van der Waals surface area (Å²) in [6.07, 6.45) is 8.38. The molecule has 1 fully saturated rings. The van der Waals surface area contributed by atoms with Gasteiger partial charge in [-0.25, -0.2) is 0 Å². The Balaban J connectivity index is 1.75. The third kappa shape index (κ3) is 4.55. The number of nitrogens with one attached hydrogen (secondary N) is 1. The van der Waals surface area contributed by atoms with E-state index in [1.165, 1.54) is 32.1 Å². The van der Waals surface area contributed by atoms with Crippen LogP contribution in [-0.2, 0) is 4.79 Å². The molecule has 0 atom stereocenters. The number of benzene rings is 1. The Labute approximate surface area is 122 Å². The average molecular weight is 274 g/mol. The van der Waals surface area contributed by atoms with Gasteiger partial charge in [0.05, 0.1) is 0 Å². The number of hydrogen-bond acceptors (Lipinski definition) is 2. The van der Waals surface area contributed by atoms with Gasteiger partial charge in [-0.15, -0.1) is 0 Å². The van der Waals surface area contributed by atoms with Crippen LogP contribution in [0, 0.1) is 5.92 Å². The molecule has 1 N–H and O–H groups in total. The maximum Gasteiger partial charge on any atom is 0.224 e. The van der Waals surface area contributed by atoms with Crippen molar-refractivity contribution in [3.8, 4) is 0 Å². The van der Waals surface area contributed by atoms with Gasteiger partial charge in [-0.1, -0.05) is 32.1 Å². The van der Waals surface area contributed by atoms with E-state index in [0.717, 1.165) is 23.7 Å². The second-order valence-corrected chi connectivity index (χ2v) is 6.03. The summed E-state index contributed by atoms with van der Waals surface area (Å²) in [4.78, 5) is 14.0. The Kier molecular flexibility index (Phi) is 5.45. The van der Waals surface area contributed by atoms with Gasteiger partial charge in [-0.05, 0) is 36.6 Å². The van der Waals surface area contributed by atoms with E-state index in [1.54, 1.807) is 0 Å². The minimum absolute atomic E-state index is 0.146. The predicted octanol–water partition coefficient (Wildman–Crippen LogP) is 4.05. The van der Waals surface area contributed by atoms with Crippen molar-refractivity contribution in [2.75, 3.05) is 24.3 Å². The maximum absolute atomic E-state index is 12.0. The molecule has 1 aromatic rings. The lowest BCUT2D eigenvalue weighted by Gasteiger charge is -2.21. The van der Waals surface area contributed by atoms with Gasteiger partial charge in [0, 0.05) is 31.9 Å². The molecule has 1 saturated carbocycles. The van der Waals surface area contributed by atoms with Gasteiger partial charge in [-0.2, -0.15) is 0 Å². The largest absolute Gasteiger partial charge is 0.378 e. The molecule has 0 saturated heterocycles. The van der Waals surface area contributed by atoms with Crippen molar-refractivity contribution in [1.29, 1.82) is 0 Å². The zero-order valence-corrected chi connectivity index (χ0v) is 12.7. The summed E-state index contributed by atoms with van der Waals surface area (Å²) in [5.41, 5.74) is 2.04. The van der Waals surface area contributed by atoms with E-state index in [2.05, 4.69) is 10.2 Å². The van der Waals surface area contributed by atoms with Crippen molar-refractivity contribution >= 4 is 17.3 Å². The third-order valence-corrected chi connectivity index (χ3v) is 4.17. The Hall–Kier alpha value is -1.51. The lowest BCUT2D eigenvalue weighted by molar-refractivity contribution is -0.116. The number of hydrogen-bond donors (Lipinski definition) is 1. The fourth-order valence-electron chi connectivity index (χ4n) is 2.88. The average Bonchev–Trinajstić information content (AvgIpc) is 2.47. The van der Waals surface area contributed by atoms with Crippen LogP contribution in [0.25, 0.3) is 0 Å². The zero-order valence-electron chi connectivity index (χ0n) is 12.7. The summed E-state index contributed by atoms with van der Waals surface area (Å²) >= 11 is 0. The summed E-state index contributed by atoms with van der Waals surface area (Å²) in [5.74, 6) is 0.916. The van der Waals surface area contributed by atoms with Crippen LogP contribution in [0.3, 0.4) is 0 Å². The van der Waals surface area contributed by atoms with Crippen LogP contribution in [0.5, 0.6) is 0 Å². The topological polar surface area (TPSA) is 32.3 Å². The van der Waals surface area contributed by atoms with Crippen molar-refractivity contribution in [2.45, 2.75) is 44.9 Å². The molecule has 1 aliphatic carbocycles. The Morgan fingerprint density at radius 3 is 2.40 bits per heavy atom. The molecule has 0 radical (unpaired) electrons. The van der Waals surface area contributed by atoms with Gasteiger partial charge in [0.15, 0.2) is 0 Å². The van der Waals surface area contributed by atoms with Crippen molar-refractivity contribution in [1.82, 2.24) is 0 Å². The second-order valence-electron chi connectivity index (χ2n) is 6.03. The van der Waals surface area contributed by atoms with Crippen molar-refractivity contribution in [3.63, 3.8) is 0 Å². The highest BCUT2D eigenvalue weighted by Crippen LogP contribution is 2.27. The van der Waals surface area contributed by atoms with E-state index in [9.17, 15) is 4.79 Å². The molecule has 1 aliphatic rings. The monoisotopic (exact) mass is 274 g/mol. The SMILES string of the molecule is CN(C)c1ccc(NC(=O)CCC2CCCCC2)cc1. The Morgan fingerprint density at radius 1 is 1.15 bits per heavy atom. The van der Waals surface area contributed by atoms with Crippen molar-refractivity contribution < 1.29 is 4.79 Å². The van der Waals surface area contributed by atoms with Gasteiger partial charge in [0.1, 0.15) is 0 Å². The molecule has 0 aliphatic heterocycles. The molecule has 0 spiro atoms. The van der Waals surface area contributed by atoms with Gasteiger partial charge in [0.2, 0.25) is 5.91 Å². The fraction of sp³-hybridized carbons (Fsp3) is 0.588. The highest BCUT2D eigenvalue weighted by atomic mass is 16.1. The summed E-state index contributed by atoms with van der Waals surface area (Å²) in [7, 11) is 4.02. The van der Waals surface area contributed by atoms with Crippen LogP contribution in [0.4, 0.5) is 11.4 Å². The molecule has 0 aromatic heterocycles. The van der Waals surface area contributed by atoms with Crippen LogP contribution >= 0.6 is 0 Å². The molecule has 1 amide bonds. The number of carbonyl (C=O) groups is 1. The predicted molar refractivity (Wildman–Crippen MR) is 85.2 cm³/mol. The number of carbonyl (C=O) groups excluding carboxylic acids is 1. The lowest BCUT2D eigenvalue weighted by atomic mass is 9.86. The van der Waals surface area contributed by atoms with E-state index in [-0.39, 0.29) is 5.91 Å². The fourth-order valence-corrected chi connectivity index (χ4v) is 2.88. The van der Waals surface area contributed by atoms with Gasteiger partial charge >= 0.3 is 0 Å². The molecular weight excluding hydrogens is 248 g/mol. The minimum Gasteiger partial charge on any atom is -0.378 e. The van der Waals surface area contributed by atoms with E-state index >= 15 is 0 Å². The summed E-state index contributed by atoms with van der Waals surface area (Å²) in [5, 5.41) is 2.99. The molecule has 3 heteroatoms. The highest BCUT2D eigenvalue weighted by Gasteiger charge is 2.14. The first-order valence-electron chi connectivity index (χ1n) is 7.72. The van der Waals surface area contributed by atoms with E-state index in [4.69, 9.17) is 0 Å². The summed E-state index contributed by atoms with van der Waals surface area (Å²) in [6, 6.07) is 7.98. The molecule has 2 rings (SSSR count). The summed E-state index contributed by atoms with van der Waals surface area (Å²) < 4.78 is 0. The zero-order chi connectivity index (χ0) is 14.4. The van der Waals surface area contributed by atoms with Gasteiger partial charge < -0.3 is 10.2 Å². The first kappa shape index (κ1) is 14.9. The van der Waals surface area contributed by atoms with Crippen molar-refractivity contribution in [2.24, 2.45) is 5.92 Å². The van der Waals surface area contributed by atoms with E-state index < -0.39 is 0 Å². The third-order valence-electron chi connectivity index (χ3n) is 4.17. The molecule has 1 aromatic carbocycles. The molecule has 3 nitrogen and oxygen atoms in total. The van der Waals surface area contributed by atoms with Crippen LogP contribution in [0.2, 0.25) is 0 Å². The number of anilines is 2. The van der Waals surface area contributed by atoms with Crippen LogP contribution in [0.1, 0.15) is 44.9 Å². The van der Waals surface area contributed by atoms with Crippen LogP contribution in [0.15, 0.2) is 24.3 Å². The maximum atomic E-state index is 12.0. The number of nitrogens with zero attached hydrogens (tertiary/aromatic N) is 1. The van der Waals surface area contributed by atoms with E-state index in [0.29, 0.717) is 6.42 Å². The first-order valence-corrected chi connectivity index (χ1v) is 7.72. The molecule has 110 valence electrons. The number of rotatable bonds is 5. The van der Waals surface area contributed by atoms with Gasteiger partial charge in [0.25, 0.3) is 0 Å². The highest BCUT2D eigenvalue weighted by molar-refractivity contribution is 5.90. The normalized spacial score (nSPS) is 15.9. The molecule has 20 heavy (non-hydrogen) atoms. The van der Waals surface area contributed by atoms with Crippen molar-refractivity contribution in [3.05, 3.63) is 24.3 Å². The lowest BCUT2D eigenvalue weighted by Crippen LogP contribution is -2.15. The summed E-state index contributed by atoms with van der Waals surface area (Å²) in [6.45, 7) is 0.